The standard InChI is InChI=1S/C22H26FN5O6S/c1-25(2)35(33,34)28-11-9-26(10-12-28)22(32)18-16-7-8-27(13-14-3-5-15(23)6-4-14)21(31)17(16)19(29)20(30)24-18/h3-6,29H,7-13H2,1-2H3,(H,24,30). The number of benzene rings is 1. The Kier molecular flexibility index (Phi) is 6.66. The lowest BCUT2D eigenvalue weighted by atomic mass is 9.95. The Balaban J connectivity index is 1.58. The molecular weight excluding hydrogens is 481 g/mol. The Morgan fingerprint density at radius 1 is 1.09 bits per heavy atom. The van der Waals surface area contributed by atoms with Crippen molar-refractivity contribution in [1.29, 1.82) is 0 Å². The first-order valence-electron chi connectivity index (χ1n) is 11.0. The molecule has 1 aromatic heterocycles. The maximum absolute atomic E-state index is 13.3. The van der Waals surface area contributed by atoms with Gasteiger partial charge in [-0.2, -0.15) is 17.0 Å². The molecule has 0 spiro atoms. The molecule has 3 heterocycles. The summed E-state index contributed by atoms with van der Waals surface area (Å²) in [6.07, 6.45) is 0.211. The van der Waals surface area contributed by atoms with Crippen molar-refractivity contribution >= 4 is 22.0 Å². The highest BCUT2D eigenvalue weighted by atomic mass is 32.2. The summed E-state index contributed by atoms with van der Waals surface area (Å²) in [7, 11) is -0.761. The second-order valence-corrected chi connectivity index (χ2v) is 10.8. The van der Waals surface area contributed by atoms with E-state index in [1.165, 1.54) is 40.3 Å². The number of carbonyl (C=O) groups excluding carboxylic acids is 2. The lowest BCUT2D eigenvalue weighted by Gasteiger charge is -2.36. The van der Waals surface area contributed by atoms with Crippen molar-refractivity contribution in [2.24, 2.45) is 0 Å². The van der Waals surface area contributed by atoms with Crippen LogP contribution < -0.4 is 5.56 Å². The van der Waals surface area contributed by atoms with Gasteiger partial charge in [-0.3, -0.25) is 14.4 Å². The van der Waals surface area contributed by atoms with Crippen LogP contribution in [0.3, 0.4) is 0 Å². The SMILES string of the molecule is CN(C)S(=O)(=O)N1CCN(C(=O)c2[nH]c(=O)c(O)c3c2CCN(Cc2ccc(F)cc2)C3=O)CC1. The van der Waals surface area contributed by atoms with E-state index in [0.29, 0.717) is 5.56 Å². The Bertz CT molecular complexity index is 1320. The number of carbonyl (C=O) groups is 2. The van der Waals surface area contributed by atoms with Gasteiger partial charge in [-0.15, -0.1) is 0 Å². The summed E-state index contributed by atoms with van der Waals surface area (Å²) in [4.78, 5) is 44.1. The molecule has 2 aromatic rings. The predicted molar refractivity (Wildman–Crippen MR) is 124 cm³/mol. The quantitative estimate of drug-likeness (QED) is 0.584. The van der Waals surface area contributed by atoms with Crippen LogP contribution in [0.15, 0.2) is 29.1 Å². The average molecular weight is 508 g/mol. The van der Waals surface area contributed by atoms with Gasteiger partial charge in [0, 0.05) is 53.4 Å². The Morgan fingerprint density at radius 2 is 1.71 bits per heavy atom. The highest BCUT2D eigenvalue weighted by molar-refractivity contribution is 7.86. The van der Waals surface area contributed by atoms with Crippen LogP contribution >= 0.6 is 0 Å². The molecule has 2 aliphatic heterocycles. The van der Waals surface area contributed by atoms with E-state index in [-0.39, 0.29) is 62.5 Å². The summed E-state index contributed by atoms with van der Waals surface area (Å²) in [6.45, 7) is 0.755. The Morgan fingerprint density at radius 3 is 2.31 bits per heavy atom. The van der Waals surface area contributed by atoms with Gasteiger partial charge in [0.2, 0.25) is 0 Å². The first-order valence-corrected chi connectivity index (χ1v) is 12.4. The monoisotopic (exact) mass is 507 g/mol. The van der Waals surface area contributed by atoms with Crippen LogP contribution in [-0.4, -0.2) is 95.6 Å². The van der Waals surface area contributed by atoms with Crippen LogP contribution in [0, 0.1) is 5.82 Å². The second-order valence-electron chi connectivity index (χ2n) is 8.62. The first-order chi connectivity index (χ1) is 16.5. The predicted octanol–water partition coefficient (Wildman–Crippen LogP) is -0.0177. The van der Waals surface area contributed by atoms with Crippen molar-refractivity contribution in [3.05, 3.63) is 62.8 Å². The molecule has 0 radical (unpaired) electrons. The lowest BCUT2D eigenvalue weighted by molar-refractivity contribution is 0.0682. The highest BCUT2D eigenvalue weighted by Gasteiger charge is 2.36. The molecule has 0 aliphatic carbocycles. The topological polar surface area (TPSA) is 134 Å². The number of hydrogen-bond donors (Lipinski definition) is 2. The van der Waals surface area contributed by atoms with Gasteiger partial charge in [-0.1, -0.05) is 12.1 Å². The minimum atomic E-state index is -3.62. The number of nitrogens with zero attached hydrogens (tertiary/aromatic N) is 4. The number of pyridine rings is 1. The van der Waals surface area contributed by atoms with Crippen LogP contribution in [-0.2, 0) is 23.2 Å². The van der Waals surface area contributed by atoms with Crippen molar-refractivity contribution in [2.45, 2.75) is 13.0 Å². The van der Waals surface area contributed by atoms with Gasteiger partial charge >= 0.3 is 0 Å². The summed E-state index contributed by atoms with van der Waals surface area (Å²) < 4.78 is 40.2. The van der Waals surface area contributed by atoms with Gasteiger partial charge in [-0.05, 0) is 29.7 Å². The van der Waals surface area contributed by atoms with Crippen LogP contribution in [0.1, 0.15) is 32.0 Å². The number of rotatable bonds is 5. The summed E-state index contributed by atoms with van der Waals surface area (Å²) in [5, 5.41) is 10.4. The normalized spacial score (nSPS) is 17.1. The van der Waals surface area contributed by atoms with Crippen LogP contribution in [0.4, 0.5) is 4.39 Å². The number of piperazine rings is 1. The molecule has 1 fully saturated rings. The minimum Gasteiger partial charge on any atom is -0.502 e. The maximum Gasteiger partial charge on any atom is 0.291 e. The number of aromatic hydroxyl groups is 1. The van der Waals surface area contributed by atoms with Gasteiger partial charge in [0.15, 0.2) is 5.75 Å². The molecule has 13 heteroatoms. The van der Waals surface area contributed by atoms with Gasteiger partial charge < -0.3 is 19.9 Å². The van der Waals surface area contributed by atoms with Crippen molar-refractivity contribution in [2.75, 3.05) is 46.8 Å². The van der Waals surface area contributed by atoms with Crippen LogP contribution in [0.25, 0.3) is 0 Å². The fourth-order valence-electron chi connectivity index (χ4n) is 4.27. The fourth-order valence-corrected chi connectivity index (χ4v) is 5.36. The molecule has 188 valence electrons. The molecule has 2 aliphatic rings. The zero-order chi connectivity index (χ0) is 25.5. The van der Waals surface area contributed by atoms with Gasteiger partial charge in [0.1, 0.15) is 11.5 Å². The van der Waals surface area contributed by atoms with E-state index >= 15 is 0 Å². The number of H-pyrrole nitrogens is 1. The molecule has 1 saturated heterocycles. The van der Waals surface area contributed by atoms with Crippen LogP contribution in [0.5, 0.6) is 5.75 Å². The number of nitrogens with one attached hydrogen (secondary N) is 1. The fraction of sp³-hybridized carbons (Fsp3) is 0.409. The molecule has 0 unspecified atom stereocenters. The number of aromatic amines is 1. The molecular formula is C22H26FN5O6S. The molecule has 0 saturated carbocycles. The third-order valence-electron chi connectivity index (χ3n) is 6.24. The summed E-state index contributed by atoms with van der Waals surface area (Å²) in [5.74, 6) is -2.31. The van der Waals surface area contributed by atoms with Gasteiger partial charge in [0.05, 0.1) is 5.56 Å². The van der Waals surface area contributed by atoms with Crippen LogP contribution in [0.2, 0.25) is 0 Å². The molecule has 35 heavy (non-hydrogen) atoms. The summed E-state index contributed by atoms with van der Waals surface area (Å²) >= 11 is 0. The lowest BCUT2D eigenvalue weighted by Crippen LogP contribution is -2.53. The van der Waals surface area contributed by atoms with Crippen molar-refractivity contribution < 1.29 is 27.5 Å². The smallest absolute Gasteiger partial charge is 0.291 e. The summed E-state index contributed by atoms with van der Waals surface area (Å²) in [5.41, 5.74) is -0.344. The molecule has 0 bridgehead atoms. The first kappa shape index (κ1) is 24.8. The van der Waals surface area contributed by atoms with Crippen molar-refractivity contribution in [1.82, 2.24) is 23.4 Å². The Labute approximate surface area is 201 Å². The highest BCUT2D eigenvalue weighted by Crippen LogP contribution is 2.28. The van der Waals surface area contributed by atoms with E-state index in [1.54, 1.807) is 12.1 Å². The molecule has 2 amide bonds. The van der Waals surface area contributed by atoms with Gasteiger partial charge in [-0.25, -0.2) is 4.39 Å². The molecule has 2 N–H and O–H groups in total. The van der Waals surface area contributed by atoms with E-state index in [0.717, 1.165) is 4.31 Å². The average Bonchev–Trinajstić information content (AvgIpc) is 2.83. The zero-order valence-corrected chi connectivity index (χ0v) is 20.1. The number of halogens is 1. The minimum absolute atomic E-state index is 0.0819. The largest absolute Gasteiger partial charge is 0.502 e. The summed E-state index contributed by atoms with van der Waals surface area (Å²) in [6, 6.07) is 5.64. The maximum atomic E-state index is 13.3. The number of hydrogen-bond acceptors (Lipinski definition) is 6. The molecule has 11 nitrogen and oxygen atoms in total. The van der Waals surface area contributed by atoms with E-state index in [9.17, 15) is 32.3 Å². The number of fused-ring (bicyclic) bond motifs is 1. The second kappa shape index (κ2) is 9.40. The molecule has 1 aromatic carbocycles. The van der Waals surface area contributed by atoms with E-state index in [4.69, 9.17) is 0 Å². The number of aromatic nitrogens is 1. The van der Waals surface area contributed by atoms with E-state index in [2.05, 4.69) is 4.98 Å². The third-order valence-corrected chi connectivity index (χ3v) is 8.18. The Hall–Kier alpha value is -3.29. The van der Waals surface area contributed by atoms with Gasteiger partial charge in [0.25, 0.3) is 27.6 Å². The molecule has 0 atom stereocenters. The zero-order valence-electron chi connectivity index (χ0n) is 19.3. The van der Waals surface area contributed by atoms with E-state index < -0.39 is 39.1 Å². The molecule has 4 rings (SSSR count). The van der Waals surface area contributed by atoms with Crippen molar-refractivity contribution in [3.8, 4) is 5.75 Å². The third kappa shape index (κ3) is 4.66. The van der Waals surface area contributed by atoms with E-state index in [1.807, 2.05) is 0 Å². The number of amides is 2. The van der Waals surface area contributed by atoms with Crippen molar-refractivity contribution in [3.63, 3.8) is 0 Å².